The Hall–Kier alpha value is -0.940. The number of rotatable bonds is 7. The number of benzene rings is 1. The second-order valence-corrected chi connectivity index (χ2v) is 4.84. The van der Waals surface area contributed by atoms with E-state index < -0.39 is 0 Å². The first-order valence-electron chi connectivity index (χ1n) is 6.40. The first kappa shape index (κ1) is 15.1. The maximum atomic E-state index is 9.48. The van der Waals surface area contributed by atoms with E-state index in [0.717, 1.165) is 16.7 Å². The summed E-state index contributed by atoms with van der Waals surface area (Å²) in [5.74, 6) is 0. The Labute approximate surface area is 109 Å². The molecule has 2 unspecified atom stereocenters. The fraction of sp³-hybridized carbons (Fsp3) is 0.571. The van der Waals surface area contributed by atoms with E-state index >= 15 is 0 Å². The zero-order chi connectivity index (χ0) is 13.5. The quantitative estimate of drug-likeness (QED) is 0.571. The van der Waals surface area contributed by atoms with Crippen LogP contribution in [0.1, 0.15) is 30.5 Å². The highest BCUT2D eigenvalue weighted by Crippen LogP contribution is 2.14. The Morgan fingerprint density at radius 1 is 1.17 bits per heavy atom. The molecule has 1 rings (SSSR count). The van der Waals surface area contributed by atoms with Gasteiger partial charge in [0.25, 0.3) is 0 Å². The Morgan fingerprint density at radius 2 is 1.89 bits per heavy atom. The summed E-state index contributed by atoms with van der Waals surface area (Å²) in [7, 11) is 0. The lowest BCUT2D eigenvalue weighted by molar-refractivity contribution is 0.191. The molecule has 4 nitrogen and oxygen atoms in total. The van der Waals surface area contributed by atoms with Gasteiger partial charge < -0.3 is 21.3 Å². The summed E-state index contributed by atoms with van der Waals surface area (Å²) in [6.07, 6.45) is -0.0854. The van der Waals surface area contributed by atoms with Gasteiger partial charge in [-0.1, -0.05) is 18.2 Å². The summed E-state index contributed by atoms with van der Waals surface area (Å²) >= 11 is 0. The fourth-order valence-corrected chi connectivity index (χ4v) is 1.92. The number of hydrogen-bond acceptors (Lipinski definition) is 4. The molecule has 0 aromatic heterocycles. The molecule has 0 aliphatic rings. The first-order valence-corrected chi connectivity index (χ1v) is 6.40. The molecule has 0 spiro atoms. The fourth-order valence-electron chi connectivity index (χ4n) is 1.92. The van der Waals surface area contributed by atoms with E-state index in [4.69, 9.17) is 5.73 Å². The topological polar surface area (TPSA) is 78.5 Å². The summed E-state index contributed by atoms with van der Waals surface area (Å²) < 4.78 is 0. The molecule has 18 heavy (non-hydrogen) atoms. The Morgan fingerprint density at radius 3 is 2.44 bits per heavy atom. The van der Waals surface area contributed by atoms with Crippen molar-refractivity contribution in [1.82, 2.24) is 5.32 Å². The molecule has 1 aromatic carbocycles. The van der Waals surface area contributed by atoms with Gasteiger partial charge in [0.15, 0.2) is 0 Å². The zero-order valence-electron chi connectivity index (χ0n) is 11.2. The van der Waals surface area contributed by atoms with Gasteiger partial charge >= 0.3 is 0 Å². The van der Waals surface area contributed by atoms with Crippen LogP contribution in [0.15, 0.2) is 18.2 Å². The van der Waals surface area contributed by atoms with Crippen molar-refractivity contribution in [3.8, 4) is 0 Å². The molecule has 0 saturated heterocycles. The van der Waals surface area contributed by atoms with Crippen molar-refractivity contribution in [1.29, 1.82) is 0 Å². The largest absolute Gasteiger partial charge is 0.393 e. The van der Waals surface area contributed by atoms with E-state index in [2.05, 4.69) is 11.4 Å². The molecule has 0 bridgehead atoms. The third-order valence-corrected chi connectivity index (χ3v) is 2.77. The van der Waals surface area contributed by atoms with E-state index in [1.54, 1.807) is 13.8 Å². The van der Waals surface area contributed by atoms with Crippen LogP contribution in [0.5, 0.6) is 0 Å². The summed E-state index contributed by atoms with van der Waals surface area (Å²) in [6, 6.07) is 6.11. The number of hydrogen-bond donors (Lipinski definition) is 4. The van der Waals surface area contributed by atoms with Crippen molar-refractivity contribution in [2.24, 2.45) is 5.73 Å². The smallest absolute Gasteiger partial charge is 0.0636 e. The Balaban J connectivity index is 2.69. The minimum atomic E-state index is -0.365. The molecule has 0 fully saturated rings. The summed E-state index contributed by atoms with van der Waals surface area (Å²) in [5, 5.41) is 21.8. The van der Waals surface area contributed by atoms with Gasteiger partial charge in [0, 0.05) is 19.6 Å². The number of aliphatic hydroxyl groups excluding tert-OH is 2. The van der Waals surface area contributed by atoms with E-state index in [0.29, 0.717) is 26.1 Å². The van der Waals surface area contributed by atoms with E-state index in [-0.39, 0.29) is 12.2 Å². The average molecular weight is 252 g/mol. The minimum Gasteiger partial charge on any atom is -0.393 e. The molecule has 4 heteroatoms. The molecule has 0 aliphatic carbocycles. The SMILES string of the molecule is CC(O)CNCc1ccc(CN)c(CC(C)O)c1. The van der Waals surface area contributed by atoms with Gasteiger partial charge in [0.1, 0.15) is 0 Å². The van der Waals surface area contributed by atoms with Crippen molar-refractivity contribution in [3.05, 3.63) is 34.9 Å². The normalized spacial score (nSPS) is 14.5. The van der Waals surface area contributed by atoms with Crippen LogP contribution in [0.3, 0.4) is 0 Å². The molecule has 0 radical (unpaired) electrons. The lowest BCUT2D eigenvalue weighted by Crippen LogP contribution is -2.24. The van der Waals surface area contributed by atoms with Crippen LogP contribution in [0, 0.1) is 0 Å². The molecular formula is C14H24N2O2. The highest BCUT2D eigenvalue weighted by Gasteiger charge is 2.06. The van der Waals surface area contributed by atoms with Crippen molar-refractivity contribution in [2.75, 3.05) is 6.54 Å². The van der Waals surface area contributed by atoms with Crippen molar-refractivity contribution in [2.45, 2.75) is 45.6 Å². The minimum absolute atomic E-state index is 0.342. The molecule has 0 heterocycles. The summed E-state index contributed by atoms with van der Waals surface area (Å²) in [5.41, 5.74) is 9.01. The van der Waals surface area contributed by atoms with Gasteiger partial charge in [-0.3, -0.25) is 0 Å². The standard InChI is InChI=1S/C14H24N2O2/c1-10(17)5-14-6-12(3-4-13(14)7-15)9-16-8-11(2)18/h3-4,6,10-11,16-18H,5,7-9,15H2,1-2H3. The van der Waals surface area contributed by atoms with Gasteiger partial charge in [-0.15, -0.1) is 0 Å². The summed E-state index contributed by atoms with van der Waals surface area (Å²) in [4.78, 5) is 0. The Bertz CT molecular complexity index is 365. The second kappa shape index (κ2) is 7.48. The number of nitrogens with one attached hydrogen (secondary N) is 1. The molecule has 0 saturated carbocycles. The van der Waals surface area contributed by atoms with Crippen LogP contribution >= 0.6 is 0 Å². The van der Waals surface area contributed by atoms with Crippen LogP contribution in [-0.4, -0.2) is 29.0 Å². The van der Waals surface area contributed by atoms with E-state index in [1.807, 2.05) is 12.1 Å². The maximum absolute atomic E-state index is 9.48. The molecular weight excluding hydrogens is 228 g/mol. The van der Waals surface area contributed by atoms with Crippen molar-refractivity contribution >= 4 is 0 Å². The summed E-state index contributed by atoms with van der Waals surface area (Å²) in [6.45, 7) is 5.30. The molecule has 0 aliphatic heterocycles. The van der Waals surface area contributed by atoms with E-state index in [9.17, 15) is 10.2 Å². The monoisotopic (exact) mass is 252 g/mol. The molecule has 5 N–H and O–H groups in total. The number of aliphatic hydroxyl groups is 2. The van der Waals surface area contributed by atoms with Crippen LogP contribution in [0.25, 0.3) is 0 Å². The maximum Gasteiger partial charge on any atom is 0.0636 e. The van der Waals surface area contributed by atoms with Gasteiger partial charge in [-0.25, -0.2) is 0 Å². The zero-order valence-corrected chi connectivity index (χ0v) is 11.2. The third kappa shape index (κ3) is 5.14. The highest BCUT2D eigenvalue weighted by molar-refractivity contribution is 5.32. The van der Waals surface area contributed by atoms with Crippen LogP contribution in [0.4, 0.5) is 0 Å². The average Bonchev–Trinajstić information content (AvgIpc) is 2.28. The van der Waals surface area contributed by atoms with Gasteiger partial charge in [0.05, 0.1) is 12.2 Å². The molecule has 1 aromatic rings. The second-order valence-electron chi connectivity index (χ2n) is 4.84. The third-order valence-electron chi connectivity index (χ3n) is 2.77. The van der Waals surface area contributed by atoms with Gasteiger partial charge in [0.2, 0.25) is 0 Å². The molecule has 102 valence electrons. The van der Waals surface area contributed by atoms with Gasteiger partial charge in [-0.05, 0) is 37.0 Å². The lowest BCUT2D eigenvalue weighted by Gasteiger charge is -2.13. The van der Waals surface area contributed by atoms with Crippen molar-refractivity contribution in [3.63, 3.8) is 0 Å². The predicted molar refractivity (Wildman–Crippen MR) is 73.1 cm³/mol. The Kier molecular flexibility index (Phi) is 6.29. The molecule has 2 atom stereocenters. The van der Waals surface area contributed by atoms with E-state index in [1.165, 1.54) is 0 Å². The van der Waals surface area contributed by atoms with Crippen LogP contribution < -0.4 is 11.1 Å². The first-order chi connectivity index (χ1) is 8.52. The van der Waals surface area contributed by atoms with Crippen LogP contribution in [0.2, 0.25) is 0 Å². The van der Waals surface area contributed by atoms with Crippen molar-refractivity contribution < 1.29 is 10.2 Å². The number of nitrogens with two attached hydrogens (primary N) is 1. The molecule has 0 amide bonds. The predicted octanol–water partition coefficient (Wildman–Crippen LogP) is 0.539. The van der Waals surface area contributed by atoms with Crippen LogP contribution in [-0.2, 0) is 19.5 Å². The lowest BCUT2D eigenvalue weighted by atomic mass is 9.99. The van der Waals surface area contributed by atoms with Gasteiger partial charge in [-0.2, -0.15) is 0 Å². The highest BCUT2D eigenvalue weighted by atomic mass is 16.3.